The second-order valence-electron chi connectivity index (χ2n) is 5.53. The van der Waals surface area contributed by atoms with E-state index in [1.165, 1.54) is 51.0 Å². The lowest BCUT2D eigenvalue weighted by Gasteiger charge is -2.09. The van der Waals surface area contributed by atoms with E-state index in [1.54, 1.807) is 0 Å². The molecule has 2 nitrogen and oxygen atoms in total. The summed E-state index contributed by atoms with van der Waals surface area (Å²) in [5.74, 6) is -3.97. The number of alkyl halides is 2. The number of esters is 1. The molecular weight excluding hydrogens is 274 g/mol. The van der Waals surface area contributed by atoms with Crippen LogP contribution in [0, 0.1) is 0 Å². The fraction of sp³-hybridized carbons (Fsp3) is 0.824. The topological polar surface area (TPSA) is 26.3 Å². The Labute approximate surface area is 127 Å². The first-order chi connectivity index (χ1) is 10.0. The molecule has 0 heterocycles. The summed E-state index contributed by atoms with van der Waals surface area (Å²) in [5, 5.41) is 0. The first-order valence-electron chi connectivity index (χ1n) is 8.14. The van der Waals surface area contributed by atoms with E-state index in [-0.39, 0.29) is 0 Å². The van der Waals surface area contributed by atoms with E-state index in [9.17, 15) is 13.6 Å². The minimum Gasteiger partial charge on any atom is -0.469 e. The van der Waals surface area contributed by atoms with Gasteiger partial charge in [-0.25, -0.2) is 8.78 Å². The van der Waals surface area contributed by atoms with Crippen molar-refractivity contribution in [3.63, 3.8) is 0 Å². The fourth-order valence-electron chi connectivity index (χ4n) is 2.15. The molecule has 0 aromatic rings. The lowest BCUT2D eigenvalue weighted by molar-refractivity contribution is -0.146. The summed E-state index contributed by atoms with van der Waals surface area (Å²) in [6.07, 6.45) is 13.0. The van der Waals surface area contributed by atoms with Crippen molar-refractivity contribution in [1.29, 1.82) is 0 Å². The van der Waals surface area contributed by atoms with E-state index in [2.05, 4.69) is 11.7 Å². The van der Waals surface area contributed by atoms with Crippen LogP contribution in [0.5, 0.6) is 0 Å². The second kappa shape index (κ2) is 12.8. The molecule has 0 fully saturated rings. The average Bonchev–Trinajstić information content (AvgIpc) is 2.44. The number of hydrogen-bond acceptors (Lipinski definition) is 2. The third-order valence-electron chi connectivity index (χ3n) is 3.44. The van der Waals surface area contributed by atoms with Crippen molar-refractivity contribution in [3.05, 3.63) is 12.2 Å². The Kier molecular flexibility index (Phi) is 12.2. The van der Waals surface area contributed by atoms with Crippen LogP contribution in [0.3, 0.4) is 0 Å². The van der Waals surface area contributed by atoms with E-state index < -0.39 is 18.3 Å². The molecule has 0 aromatic carbocycles. The molecule has 0 aliphatic carbocycles. The van der Waals surface area contributed by atoms with Crippen molar-refractivity contribution >= 4 is 5.97 Å². The second-order valence-corrected chi connectivity index (χ2v) is 5.53. The molecule has 0 rings (SSSR count). The van der Waals surface area contributed by atoms with Crippen molar-refractivity contribution in [2.24, 2.45) is 0 Å². The summed E-state index contributed by atoms with van der Waals surface area (Å²) in [5.41, 5.74) is 0. The molecule has 4 heteroatoms. The number of carbonyl (C=O) groups excluding carboxylic acids is 1. The SMILES string of the molecule is CCCCCCCCCCC/C=C/C(F)(F)CC(=O)OC. The third-order valence-corrected chi connectivity index (χ3v) is 3.44. The summed E-state index contributed by atoms with van der Waals surface area (Å²) in [4.78, 5) is 10.8. The van der Waals surface area contributed by atoms with Crippen LogP contribution in [0.4, 0.5) is 8.78 Å². The molecule has 0 bridgehead atoms. The van der Waals surface area contributed by atoms with Crippen molar-refractivity contribution in [2.75, 3.05) is 7.11 Å². The van der Waals surface area contributed by atoms with Gasteiger partial charge in [-0.15, -0.1) is 0 Å². The van der Waals surface area contributed by atoms with Gasteiger partial charge in [-0.1, -0.05) is 64.4 Å². The summed E-state index contributed by atoms with van der Waals surface area (Å²) < 4.78 is 30.7. The molecule has 0 spiro atoms. The van der Waals surface area contributed by atoms with Crippen molar-refractivity contribution in [3.8, 4) is 0 Å². The lowest BCUT2D eigenvalue weighted by Crippen LogP contribution is -2.19. The maximum absolute atomic E-state index is 13.3. The molecule has 0 aromatic heterocycles. The molecule has 0 N–H and O–H groups in total. The maximum Gasteiger partial charge on any atom is 0.311 e. The van der Waals surface area contributed by atoms with Gasteiger partial charge in [0.05, 0.1) is 7.11 Å². The Morgan fingerprint density at radius 2 is 1.52 bits per heavy atom. The first-order valence-corrected chi connectivity index (χ1v) is 8.14. The number of methoxy groups -OCH3 is 1. The van der Waals surface area contributed by atoms with E-state index in [0.717, 1.165) is 26.0 Å². The molecule has 0 radical (unpaired) electrons. The van der Waals surface area contributed by atoms with Crippen LogP contribution in [0.15, 0.2) is 12.2 Å². The Hall–Kier alpha value is -0.930. The summed E-state index contributed by atoms with van der Waals surface area (Å²) in [6, 6.07) is 0. The quantitative estimate of drug-likeness (QED) is 0.249. The van der Waals surface area contributed by atoms with Gasteiger partial charge < -0.3 is 4.74 Å². The normalized spacial score (nSPS) is 12.0. The zero-order valence-electron chi connectivity index (χ0n) is 13.5. The fourth-order valence-corrected chi connectivity index (χ4v) is 2.15. The van der Waals surface area contributed by atoms with Crippen molar-refractivity contribution in [2.45, 2.75) is 83.5 Å². The number of carbonyl (C=O) groups is 1. The molecule has 0 aliphatic heterocycles. The number of halogens is 2. The van der Waals surface area contributed by atoms with Crippen LogP contribution in [0.25, 0.3) is 0 Å². The Morgan fingerprint density at radius 3 is 2.05 bits per heavy atom. The number of rotatable bonds is 13. The van der Waals surface area contributed by atoms with Gasteiger partial charge in [-0.05, 0) is 18.9 Å². The van der Waals surface area contributed by atoms with E-state index in [1.807, 2.05) is 0 Å². The van der Waals surface area contributed by atoms with Crippen molar-refractivity contribution in [1.82, 2.24) is 0 Å². The number of unbranched alkanes of at least 4 members (excludes halogenated alkanes) is 9. The van der Waals surface area contributed by atoms with Crippen LogP contribution in [-0.4, -0.2) is 19.0 Å². The van der Waals surface area contributed by atoms with Gasteiger partial charge in [0.25, 0.3) is 5.92 Å². The van der Waals surface area contributed by atoms with Gasteiger partial charge in [0.1, 0.15) is 6.42 Å². The van der Waals surface area contributed by atoms with E-state index in [0.29, 0.717) is 6.42 Å². The van der Waals surface area contributed by atoms with Gasteiger partial charge in [-0.2, -0.15) is 0 Å². The molecule has 0 saturated carbocycles. The Balaban J connectivity index is 3.49. The highest BCUT2D eigenvalue weighted by molar-refractivity contribution is 5.70. The van der Waals surface area contributed by atoms with Crippen molar-refractivity contribution < 1.29 is 18.3 Å². The number of allylic oxidation sites excluding steroid dienone is 2. The molecule has 0 saturated heterocycles. The minimum atomic E-state index is -3.09. The molecule has 124 valence electrons. The van der Waals surface area contributed by atoms with Gasteiger partial charge in [0.15, 0.2) is 0 Å². The number of ether oxygens (including phenoxy) is 1. The zero-order chi connectivity index (χ0) is 16.0. The van der Waals surface area contributed by atoms with Crippen LogP contribution in [0.1, 0.15) is 77.6 Å². The van der Waals surface area contributed by atoms with Gasteiger partial charge >= 0.3 is 5.97 Å². The highest BCUT2D eigenvalue weighted by Crippen LogP contribution is 2.21. The van der Waals surface area contributed by atoms with E-state index >= 15 is 0 Å². The molecule has 0 atom stereocenters. The predicted octanol–water partition coefficient (Wildman–Crippen LogP) is 5.66. The largest absolute Gasteiger partial charge is 0.469 e. The predicted molar refractivity (Wildman–Crippen MR) is 82.6 cm³/mol. The minimum absolute atomic E-state index is 0.645. The average molecular weight is 304 g/mol. The Morgan fingerprint density at radius 1 is 1.00 bits per heavy atom. The van der Waals surface area contributed by atoms with Crippen LogP contribution in [-0.2, 0) is 9.53 Å². The highest BCUT2D eigenvalue weighted by atomic mass is 19.3. The zero-order valence-corrected chi connectivity index (χ0v) is 13.5. The van der Waals surface area contributed by atoms with Crippen LogP contribution >= 0.6 is 0 Å². The monoisotopic (exact) mass is 304 g/mol. The Bertz CT molecular complexity index is 289. The first kappa shape index (κ1) is 20.1. The lowest BCUT2D eigenvalue weighted by atomic mass is 10.1. The maximum atomic E-state index is 13.3. The summed E-state index contributed by atoms with van der Waals surface area (Å²) in [7, 11) is 1.12. The number of hydrogen-bond donors (Lipinski definition) is 0. The molecule has 0 aliphatic rings. The molecule has 0 unspecified atom stereocenters. The summed E-state index contributed by atoms with van der Waals surface area (Å²) in [6.45, 7) is 2.21. The van der Waals surface area contributed by atoms with Crippen LogP contribution < -0.4 is 0 Å². The molecular formula is C17H30F2O2. The molecule has 21 heavy (non-hydrogen) atoms. The van der Waals surface area contributed by atoms with Gasteiger partial charge in [0, 0.05) is 0 Å². The summed E-state index contributed by atoms with van der Waals surface area (Å²) >= 11 is 0. The molecule has 0 amide bonds. The van der Waals surface area contributed by atoms with Crippen LogP contribution in [0.2, 0.25) is 0 Å². The third kappa shape index (κ3) is 13.8. The smallest absolute Gasteiger partial charge is 0.311 e. The van der Waals surface area contributed by atoms with Gasteiger partial charge in [0.2, 0.25) is 0 Å². The highest BCUT2D eigenvalue weighted by Gasteiger charge is 2.29. The van der Waals surface area contributed by atoms with E-state index in [4.69, 9.17) is 0 Å². The standard InChI is InChI=1S/C17H30F2O2/c1-3-4-5-6-7-8-9-10-11-12-13-14-17(18,19)15-16(20)21-2/h13-14H,3-12,15H2,1-2H3/b14-13+. The van der Waals surface area contributed by atoms with Gasteiger partial charge in [-0.3, -0.25) is 4.79 Å².